The van der Waals surface area contributed by atoms with Crippen LogP contribution in [0.15, 0.2) is 30.3 Å². The fraction of sp³-hybridized carbons (Fsp3) is 0.500. The number of likely N-dealkylation sites (tertiary alicyclic amines) is 1. The van der Waals surface area contributed by atoms with Crippen molar-refractivity contribution in [3.63, 3.8) is 0 Å². The van der Waals surface area contributed by atoms with E-state index in [1.807, 2.05) is 30.3 Å². The quantitative estimate of drug-likeness (QED) is 0.886. The Morgan fingerprint density at radius 2 is 2.22 bits per heavy atom. The van der Waals surface area contributed by atoms with Gasteiger partial charge in [-0.15, -0.1) is 0 Å². The van der Waals surface area contributed by atoms with Gasteiger partial charge in [-0.3, -0.25) is 0 Å². The van der Waals surface area contributed by atoms with Crippen LogP contribution in [-0.2, 0) is 11.3 Å². The van der Waals surface area contributed by atoms with Crippen LogP contribution in [0.5, 0.6) is 0 Å². The second-order valence-corrected chi connectivity index (χ2v) is 4.58. The van der Waals surface area contributed by atoms with Crippen LogP contribution >= 0.6 is 0 Å². The standard InChI is InChI=1S/C14H20N2O2/c1-2-16-9-8-13(10-16)15-14(17)18-11-12-6-4-3-5-7-12/h3-7,13H,2,8-11H2,1H3,(H,15,17)/t13-/m1/s1. The van der Waals surface area contributed by atoms with Crippen LogP contribution in [0.3, 0.4) is 0 Å². The zero-order chi connectivity index (χ0) is 12.8. The van der Waals surface area contributed by atoms with E-state index in [1.54, 1.807) is 0 Å². The Hall–Kier alpha value is -1.55. The molecule has 1 aliphatic rings. The highest BCUT2D eigenvalue weighted by Gasteiger charge is 2.22. The molecule has 1 atom stereocenters. The van der Waals surface area contributed by atoms with Crippen LogP contribution in [0.1, 0.15) is 18.9 Å². The van der Waals surface area contributed by atoms with Crippen molar-refractivity contribution < 1.29 is 9.53 Å². The highest BCUT2D eigenvalue weighted by Crippen LogP contribution is 2.08. The van der Waals surface area contributed by atoms with Gasteiger partial charge in [-0.25, -0.2) is 4.79 Å². The number of hydrogen-bond acceptors (Lipinski definition) is 3. The van der Waals surface area contributed by atoms with E-state index in [-0.39, 0.29) is 12.1 Å². The van der Waals surface area contributed by atoms with Crippen molar-refractivity contribution in [3.05, 3.63) is 35.9 Å². The molecule has 1 aliphatic heterocycles. The fourth-order valence-electron chi connectivity index (χ4n) is 2.17. The molecule has 0 unspecified atom stereocenters. The molecule has 0 aromatic heterocycles. The monoisotopic (exact) mass is 248 g/mol. The van der Waals surface area contributed by atoms with Gasteiger partial charge in [0.2, 0.25) is 0 Å². The van der Waals surface area contributed by atoms with Gasteiger partial charge >= 0.3 is 6.09 Å². The van der Waals surface area contributed by atoms with Gasteiger partial charge < -0.3 is 15.0 Å². The topological polar surface area (TPSA) is 41.6 Å². The van der Waals surface area contributed by atoms with E-state index in [2.05, 4.69) is 17.1 Å². The summed E-state index contributed by atoms with van der Waals surface area (Å²) in [7, 11) is 0. The maximum atomic E-state index is 11.6. The van der Waals surface area contributed by atoms with Crippen molar-refractivity contribution in [2.24, 2.45) is 0 Å². The minimum absolute atomic E-state index is 0.230. The average Bonchev–Trinajstić information content (AvgIpc) is 2.85. The van der Waals surface area contributed by atoms with Crippen LogP contribution < -0.4 is 5.32 Å². The summed E-state index contributed by atoms with van der Waals surface area (Å²) in [5.74, 6) is 0. The Labute approximate surface area is 108 Å². The van der Waals surface area contributed by atoms with E-state index in [0.717, 1.165) is 31.6 Å². The first-order valence-corrected chi connectivity index (χ1v) is 6.47. The van der Waals surface area contributed by atoms with Crippen LogP contribution in [-0.4, -0.2) is 36.7 Å². The predicted octanol–water partition coefficient (Wildman–Crippen LogP) is 2.01. The Morgan fingerprint density at radius 3 is 2.89 bits per heavy atom. The Balaban J connectivity index is 1.70. The largest absolute Gasteiger partial charge is 0.445 e. The number of likely N-dealkylation sites (N-methyl/N-ethyl adjacent to an activating group) is 1. The summed E-state index contributed by atoms with van der Waals surface area (Å²) >= 11 is 0. The third-order valence-electron chi connectivity index (χ3n) is 3.25. The molecule has 1 saturated heterocycles. The molecule has 1 aromatic rings. The number of alkyl carbamates (subject to hydrolysis) is 1. The minimum atomic E-state index is -0.318. The van der Waals surface area contributed by atoms with E-state index in [4.69, 9.17) is 4.74 Å². The zero-order valence-electron chi connectivity index (χ0n) is 10.8. The lowest BCUT2D eigenvalue weighted by Gasteiger charge is -2.14. The number of amides is 1. The van der Waals surface area contributed by atoms with Crippen LogP contribution in [0.25, 0.3) is 0 Å². The van der Waals surface area contributed by atoms with E-state index < -0.39 is 0 Å². The fourth-order valence-corrected chi connectivity index (χ4v) is 2.17. The molecular formula is C14H20N2O2. The molecule has 4 nitrogen and oxygen atoms in total. The van der Waals surface area contributed by atoms with Crippen molar-refractivity contribution in [2.75, 3.05) is 19.6 Å². The molecule has 0 spiro atoms. The smallest absolute Gasteiger partial charge is 0.407 e. The number of benzene rings is 1. The number of nitrogens with zero attached hydrogens (tertiary/aromatic N) is 1. The molecule has 1 heterocycles. The summed E-state index contributed by atoms with van der Waals surface area (Å²) < 4.78 is 5.19. The molecule has 1 aromatic carbocycles. The molecule has 1 amide bonds. The first-order valence-electron chi connectivity index (χ1n) is 6.47. The molecular weight excluding hydrogens is 228 g/mol. The van der Waals surface area contributed by atoms with Crippen LogP contribution in [0, 0.1) is 0 Å². The average molecular weight is 248 g/mol. The number of carbonyl (C=O) groups is 1. The normalized spacial score (nSPS) is 19.7. The van der Waals surface area contributed by atoms with Gasteiger partial charge in [0.15, 0.2) is 0 Å². The SMILES string of the molecule is CCN1CC[C@@H](NC(=O)OCc2ccccc2)C1. The Kier molecular flexibility index (Phi) is 4.59. The Morgan fingerprint density at radius 1 is 1.44 bits per heavy atom. The molecule has 1 fully saturated rings. The summed E-state index contributed by atoms with van der Waals surface area (Å²) in [5, 5.41) is 2.91. The molecule has 18 heavy (non-hydrogen) atoms. The number of rotatable bonds is 4. The molecule has 0 aliphatic carbocycles. The highest BCUT2D eigenvalue weighted by atomic mass is 16.5. The lowest BCUT2D eigenvalue weighted by atomic mass is 10.2. The summed E-state index contributed by atoms with van der Waals surface area (Å²) in [5.41, 5.74) is 1.01. The van der Waals surface area contributed by atoms with E-state index in [9.17, 15) is 4.79 Å². The van der Waals surface area contributed by atoms with Crippen LogP contribution in [0.4, 0.5) is 4.79 Å². The van der Waals surface area contributed by atoms with Gasteiger partial charge in [-0.2, -0.15) is 0 Å². The highest BCUT2D eigenvalue weighted by molar-refractivity contribution is 5.67. The molecule has 1 N–H and O–H groups in total. The number of carbonyl (C=O) groups excluding carboxylic acids is 1. The van der Waals surface area contributed by atoms with Gasteiger partial charge in [-0.1, -0.05) is 37.3 Å². The van der Waals surface area contributed by atoms with E-state index in [0.29, 0.717) is 6.61 Å². The van der Waals surface area contributed by atoms with Gasteiger partial charge in [0.25, 0.3) is 0 Å². The Bertz CT molecular complexity index is 381. The summed E-state index contributed by atoms with van der Waals surface area (Å²) in [6, 6.07) is 9.94. The number of nitrogens with one attached hydrogen (secondary N) is 1. The lowest BCUT2D eigenvalue weighted by molar-refractivity contribution is 0.135. The molecule has 2 rings (SSSR count). The maximum Gasteiger partial charge on any atom is 0.407 e. The first-order chi connectivity index (χ1) is 8.78. The van der Waals surface area contributed by atoms with Crippen LogP contribution in [0.2, 0.25) is 0 Å². The second-order valence-electron chi connectivity index (χ2n) is 4.58. The van der Waals surface area contributed by atoms with Gasteiger partial charge in [0.05, 0.1) is 0 Å². The minimum Gasteiger partial charge on any atom is -0.445 e. The van der Waals surface area contributed by atoms with Crippen molar-refractivity contribution in [1.29, 1.82) is 0 Å². The third-order valence-corrected chi connectivity index (χ3v) is 3.25. The zero-order valence-corrected chi connectivity index (χ0v) is 10.8. The molecule has 0 saturated carbocycles. The second kappa shape index (κ2) is 6.40. The third kappa shape index (κ3) is 3.74. The first kappa shape index (κ1) is 12.9. The van der Waals surface area contributed by atoms with Crippen molar-refractivity contribution >= 4 is 6.09 Å². The number of ether oxygens (including phenoxy) is 1. The molecule has 4 heteroatoms. The van der Waals surface area contributed by atoms with E-state index >= 15 is 0 Å². The molecule has 0 radical (unpaired) electrons. The summed E-state index contributed by atoms with van der Waals surface area (Å²) in [4.78, 5) is 13.9. The summed E-state index contributed by atoms with van der Waals surface area (Å²) in [6.07, 6.45) is 0.690. The van der Waals surface area contributed by atoms with E-state index in [1.165, 1.54) is 0 Å². The van der Waals surface area contributed by atoms with Crippen molar-refractivity contribution in [1.82, 2.24) is 10.2 Å². The van der Waals surface area contributed by atoms with Crippen molar-refractivity contribution in [3.8, 4) is 0 Å². The number of hydrogen-bond donors (Lipinski definition) is 1. The summed E-state index contributed by atoms with van der Waals surface area (Å²) in [6.45, 7) is 5.49. The van der Waals surface area contributed by atoms with Gasteiger partial charge in [0.1, 0.15) is 6.61 Å². The predicted molar refractivity (Wildman–Crippen MR) is 70.3 cm³/mol. The molecule has 98 valence electrons. The van der Waals surface area contributed by atoms with Gasteiger partial charge in [0, 0.05) is 19.1 Å². The maximum absolute atomic E-state index is 11.6. The van der Waals surface area contributed by atoms with Crippen molar-refractivity contribution in [2.45, 2.75) is 26.0 Å². The lowest BCUT2D eigenvalue weighted by Crippen LogP contribution is -2.37. The van der Waals surface area contributed by atoms with Gasteiger partial charge in [-0.05, 0) is 18.5 Å². The molecule has 0 bridgehead atoms.